The Labute approximate surface area is 114 Å². The predicted octanol–water partition coefficient (Wildman–Crippen LogP) is 3.75. The van der Waals surface area contributed by atoms with Crippen LogP contribution in [0.4, 0.5) is 0 Å². The fourth-order valence-corrected chi connectivity index (χ4v) is 2.39. The number of rotatable bonds is 4. The molecule has 1 saturated carbocycles. The van der Waals surface area contributed by atoms with Crippen molar-refractivity contribution >= 4 is 17.5 Å². The van der Waals surface area contributed by atoms with Gasteiger partial charge in [0.05, 0.1) is 0 Å². The van der Waals surface area contributed by atoms with Crippen molar-refractivity contribution in [3.8, 4) is 0 Å². The molecule has 1 aromatic rings. The minimum absolute atomic E-state index is 0.0933. The Bertz CT molecular complexity index is 456. The lowest BCUT2D eigenvalue weighted by Crippen LogP contribution is -2.43. The predicted molar refractivity (Wildman–Crippen MR) is 74.8 cm³/mol. The van der Waals surface area contributed by atoms with Gasteiger partial charge in [-0.1, -0.05) is 36.7 Å². The molecule has 2 nitrogen and oxygen atoms in total. The van der Waals surface area contributed by atoms with Gasteiger partial charge in [-0.2, -0.15) is 0 Å². The highest BCUT2D eigenvalue weighted by molar-refractivity contribution is 6.31. The van der Waals surface area contributed by atoms with Crippen LogP contribution in [0.3, 0.4) is 0 Å². The van der Waals surface area contributed by atoms with Crippen LogP contribution in [-0.4, -0.2) is 11.4 Å². The van der Waals surface area contributed by atoms with Gasteiger partial charge in [0.25, 0.3) is 0 Å². The van der Waals surface area contributed by atoms with Crippen LogP contribution in [0, 0.1) is 5.92 Å². The zero-order chi connectivity index (χ0) is 13.3. The van der Waals surface area contributed by atoms with Crippen molar-refractivity contribution in [3.63, 3.8) is 0 Å². The zero-order valence-corrected chi connectivity index (χ0v) is 11.9. The van der Waals surface area contributed by atoms with Crippen LogP contribution >= 0.6 is 11.6 Å². The van der Waals surface area contributed by atoms with Gasteiger partial charge in [-0.3, -0.25) is 4.79 Å². The molecule has 98 valence electrons. The Morgan fingerprint density at radius 1 is 1.44 bits per heavy atom. The summed E-state index contributed by atoms with van der Waals surface area (Å²) in [5.41, 5.74) is 0.985. The average molecular weight is 266 g/mol. The first-order chi connectivity index (χ1) is 8.44. The standard InChI is InChI=1S/C15H20ClNO/c1-4-15(2,3)17-14(18)12-9-11(12)10-7-5-6-8-13(10)16/h5-8,11-12H,4,9H2,1-3H3,(H,17,18). The molecule has 2 unspecified atom stereocenters. The first-order valence-corrected chi connectivity index (χ1v) is 6.89. The third-order valence-corrected chi connectivity index (χ3v) is 4.12. The Morgan fingerprint density at radius 3 is 2.72 bits per heavy atom. The van der Waals surface area contributed by atoms with E-state index in [1.165, 1.54) is 0 Å². The molecule has 0 aliphatic heterocycles. The molecule has 0 radical (unpaired) electrons. The largest absolute Gasteiger partial charge is 0.351 e. The highest BCUT2D eigenvalue weighted by Gasteiger charge is 2.45. The van der Waals surface area contributed by atoms with Gasteiger partial charge in [0.2, 0.25) is 5.91 Å². The number of hydrogen-bond donors (Lipinski definition) is 1. The van der Waals surface area contributed by atoms with Crippen molar-refractivity contribution in [2.45, 2.75) is 45.1 Å². The molecule has 0 heterocycles. The summed E-state index contributed by atoms with van der Waals surface area (Å²) >= 11 is 6.16. The molecule has 18 heavy (non-hydrogen) atoms. The van der Waals surface area contributed by atoms with E-state index in [1.54, 1.807) is 0 Å². The van der Waals surface area contributed by atoms with Crippen LogP contribution in [-0.2, 0) is 4.79 Å². The highest BCUT2D eigenvalue weighted by Crippen LogP contribution is 2.49. The second-order valence-corrected chi connectivity index (χ2v) is 6.10. The molecule has 1 fully saturated rings. The smallest absolute Gasteiger partial charge is 0.224 e. The maximum absolute atomic E-state index is 12.1. The van der Waals surface area contributed by atoms with Crippen LogP contribution in [0.5, 0.6) is 0 Å². The summed E-state index contributed by atoms with van der Waals surface area (Å²) in [4.78, 5) is 12.1. The highest BCUT2D eigenvalue weighted by atomic mass is 35.5. The van der Waals surface area contributed by atoms with Crippen molar-refractivity contribution in [3.05, 3.63) is 34.9 Å². The second-order valence-electron chi connectivity index (χ2n) is 5.70. The van der Waals surface area contributed by atoms with Gasteiger partial charge in [-0.15, -0.1) is 0 Å². The number of hydrogen-bond acceptors (Lipinski definition) is 1. The normalized spacial score (nSPS) is 22.7. The number of carbonyl (C=O) groups is 1. The number of benzene rings is 1. The van der Waals surface area contributed by atoms with E-state index in [0.717, 1.165) is 23.4 Å². The number of carbonyl (C=O) groups excluding carboxylic acids is 1. The van der Waals surface area contributed by atoms with Crippen molar-refractivity contribution in [2.24, 2.45) is 5.92 Å². The molecular weight excluding hydrogens is 246 g/mol. The summed E-state index contributed by atoms with van der Waals surface area (Å²) in [5, 5.41) is 3.88. The van der Waals surface area contributed by atoms with Crippen molar-refractivity contribution in [2.75, 3.05) is 0 Å². The quantitative estimate of drug-likeness (QED) is 0.883. The van der Waals surface area contributed by atoms with E-state index in [9.17, 15) is 4.79 Å². The summed E-state index contributed by atoms with van der Waals surface area (Å²) in [6.45, 7) is 6.19. The Kier molecular flexibility index (Phi) is 3.67. The third kappa shape index (κ3) is 2.86. The number of amides is 1. The van der Waals surface area contributed by atoms with Crippen LogP contribution in [0.2, 0.25) is 5.02 Å². The molecule has 0 spiro atoms. The van der Waals surface area contributed by atoms with E-state index >= 15 is 0 Å². The minimum atomic E-state index is -0.120. The minimum Gasteiger partial charge on any atom is -0.351 e. The van der Waals surface area contributed by atoms with Gasteiger partial charge in [0.15, 0.2) is 0 Å². The summed E-state index contributed by atoms with van der Waals surface area (Å²) in [6, 6.07) is 7.80. The molecule has 1 aliphatic rings. The summed E-state index contributed by atoms with van der Waals surface area (Å²) < 4.78 is 0. The van der Waals surface area contributed by atoms with E-state index in [-0.39, 0.29) is 17.4 Å². The number of nitrogens with one attached hydrogen (secondary N) is 1. The Balaban J connectivity index is 2.00. The molecule has 0 saturated heterocycles. The fraction of sp³-hybridized carbons (Fsp3) is 0.533. The maximum Gasteiger partial charge on any atom is 0.224 e. The average Bonchev–Trinajstić information content (AvgIpc) is 3.09. The van der Waals surface area contributed by atoms with Crippen molar-refractivity contribution in [1.82, 2.24) is 5.32 Å². The topological polar surface area (TPSA) is 29.1 Å². The molecule has 1 amide bonds. The lowest BCUT2D eigenvalue weighted by atomic mass is 10.0. The fourth-order valence-electron chi connectivity index (χ4n) is 2.12. The third-order valence-electron chi connectivity index (χ3n) is 3.78. The molecule has 1 aromatic carbocycles. The van der Waals surface area contributed by atoms with Gasteiger partial charge < -0.3 is 5.32 Å². The van der Waals surface area contributed by atoms with E-state index in [0.29, 0.717) is 5.92 Å². The lowest BCUT2D eigenvalue weighted by Gasteiger charge is -2.24. The van der Waals surface area contributed by atoms with Crippen molar-refractivity contribution in [1.29, 1.82) is 0 Å². The Morgan fingerprint density at radius 2 is 2.11 bits per heavy atom. The molecule has 0 aromatic heterocycles. The van der Waals surface area contributed by atoms with Crippen LogP contribution < -0.4 is 5.32 Å². The van der Waals surface area contributed by atoms with E-state index in [2.05, 4.69) is 26.1 Å². The molecule has 2 atom stereocenters. The molecular formula is C15H20ClNO. The van der Waals surface area contributed by atoms with Gasteiger partial charge in [0, 0.05) is 16.5 Å². The zero-order valence-electron chi connectivity index (χ0n) is 11.2. The van der Waals surface area contributed by atoms with Gasteiger partial charge >= 0.3 is 0 Å². The Hall–Kier alpha value is -1.02. The van der Waals surface area contributed by atoms with E-state index in [1.807, 2.05) is 24.3 Å². The molecule has 1 aliphatic carbocycles. The van der Waals surface area contributed by atoms with Crippen molar-refractivity contribution < 1.29 is 4.79 Å². The van der Waals surface area contributed by atoms with E-state index in [4.69, 9.17) is 11.6 Å². The van der Waals surface area contributed by atoms with Crippen LogP contribution in [0.25, 0.3) is 0 Å². The summed E-state index contributed by atoms with van der Waals surface area (Å²) in [7, 11) is 0. The molecule has 1 N–H and O–H groups in total. The lowest BCUT2D eigenvalue weighted by molar-refractivity contribution is -0.124. The summed E-state index contributed by atoms with van der Waals surface area (Å²) in [6.07, 6.45) is 1.84. The molecule has 0 bridgehead atoms. The molecule has 3 heteroatoms. The van der Waals surface area contributed by atoms with Gasteiger partial charge in [0.1, 0.15) is 0 Å². The number of halogens is 1. The van der Waals surface area contributed by atoms with E-state index < -0.39 is 0 Å². The first-order valence-electron chi connectivity index (χ1n) is 6.51. The summed E-state index contributed by atoms with van der Waals surface area (Å²) in [5.74, 6) is 0.550. The van der Waals surface area contributed by atoms with Crippen LogP contribution in [0.15, 0.2) is 24.3 Å². The van der Waals surface area contributed by atoms with Crippen LogP contribution in [0.1, 0.15) is 45.1 Å². The second kappa shape index (κ2) is 4.93. The monoisotopic (exact) mass is 265 g/mol. The van der Waals surface area contributed by atoms with Gasteiger partial charge in [-0.25, -0.2) is 0 Å². The first kappa shape index (κ1) is 13.4. The maximum atomic E-state index is 12.1. The van der Waals surface area contributed by atoms with Gasteiger partial charge in [-0.05, 0) is 44.2 Å². The molecule has 2 rings (SSSR count). The SMILES string of the molecule is CCC(C)(C)NC(=O)C1CC1c1ccccc1Cl.